The van der Waals surface area contributed by atoms with Gasteiger partial charge in [-0.05, 0) is 61.3 Å². The van der Waals surface area contributed by atoms with Crippen LogP contribution in [0, 0.1) is 5.82 Å². The molecule has 1 atom stereocenters. The number of thioether (sulfide) groups is 1. The van der Waals surface area contributed by atoms with Crippen molar-refractivity contribution in [2.45, 2.75) is 17.9 Å². The highest BCUT2D eigenvalue weighted by Crippen LogP contribution is 2.39. The predicted octanol–water partition coefficient (Wildman–Crippen LogP) is 6.46. The first-order chi connectivity index (χ1) is 16.5. The highest BCUT2D eigenvalue weighted by molar-refractivity contribution is 7.98. The average molecular weight is 489 g/mol. The monoisotopic (exact) mass is 488 g/mol. The molecule has 0 amide bonds. The van der Waals surface area contributed by atoms with E-state index in [0.29, 0.717) is 22.4 Å². The van der Waals surface area contributed by atoms with Gasteiger partial charge in [0.05, 0.1) is 11.6 Å². The van der Waals surface area contributed by atoms with Gasteiger partial charge in [0.15, 0.2) is 5.11 Å². The Hall–Kier alpha value is -3.49. The van der Waals surface area contributed by atoms with E-state index in [4.69, 9.17) is 16.7 Å². The van der Waals surface area contributed by atoms with E-state index in [2.05, 4.69) is 27.6 Å². The number of aromatic nitrogens is 2. The molecule has 0 saturated carbocycles. The zero-order valence-corrected chi connectivity index (χ0v) is 20.2. The maximum atomic E-state index is 13.8. The summed E-state index contributed by atoms with van der Waals surface area (Å²) in [5.74, 6) is 0.322. The first kappa shape index (κ1) is 22.3. The second-order valence-corrected chi connectivity index (χ2v) is 9.03. The molecule has 1 aromatic heterocycles. The molecule has 5 rings (SSSR count). The standard InChI is InChI=1S/C26H21FN4OS2/c1-16-22(25-29-24(30-32-25)18-10-6-11-19(27)14-18)23(17-8-4-3-5-9-17)28-26(33)31(16)20-12-7-13-21(15-20)34-2/h3-15,23H,1-2H3,(H,28,33). The number of rotatable bonds is 5. The molecule has 5 nitrogen and oxygen atoms in total. The Kier molecular flexibility index (Phi) is 6.17. The highest BCUT2D eigenvalue weighted by Gasteiger charge is 2.34. The molecule has 8 heteroatoms. The van der Waals surface area contributed by atoms with Crippen LogP contribution in [0.2, 0.25) is 0 Å². The van der Waals surface area contributed by atoms with Crippen molar-refractivity contribution >= 4 is 40.4 Å². The minimum absolute atomic E-state index is 0.283. The molecular weight excluding hydrogens is 467 g/mol. The molecule has 0 bridgehead atoms. The van der Waals surface area contributed by atoms with Gasteiger partial charge in [-0.15, -0.1) is 11.8 Å². The van der Waals surface area contributed by atoms with Crippen LogP contribution >= 0.6 is 24.0 Å². The van der Waals surface area contributed by atoms with Gasteiger partial charge in [0.2, 0.25) is 5.82 Å². The largest absolute Gasteiger partial charge is 0.351 e. The molecule has 34 heavy (non-hydrogen) atoms. The molecule has 3 aromatic carbocycles. The first-order valence-corrected chi connectivity index (χ1v) is 12.3. The summed E-state index contributed by atoms with van der Waals surface area (Å²) in [6, 6.07) is 24.0. The average Bonchev–Trinajstić information content (AvgIpc) is 3.34. The van der Waals surface area contributed by atoms with Gasteiger partial charge in [-0.2, -0.15) is 4.98 Å². The van der Waals surface area contributed by atoms with Crippen molar-refractivity contribution in [3.05, 3.63) is 102 Å². The van der Waals surface area contributed by atoms with Gasteiger partial charge in [-0.25, -0.2) is 4.39 Å². The first-order valence-electron chi connectivity index (χ1n) is 10.7. The van der Waals surface area contributed by atoms with E-state index in [-0.39, 0.29) is 11.9 Å². The summed E-state index contributed by atoms with van der Waals surface area (Å²) >= 11 is 7.48. The molecule has 0 spiro atoms. The van der Waals surface area contributed by atoms with Gasteiger partial charge in [0.1, 0.15) is 5.82 Å². The van der Waals surface area contributed by atoms with Crippen LogP contribution < -0.4 is 10.2 Å². The van der Waals surface area contributed by atoms with Crippen LogP contribution in [0.5, 0.6) is 0 Å². The van der Waals surface area contributed by atoms with Gasteiger partial charge in [0.25, 0.3) is 5.89 Å². The number of allylic oxidation sites excluding steroid dienone is 1. The number of nitrogens with one attached hydrogen (secondary N) is 1. The molecule has 1 unspecified atom stereocenters. The van der Waals surface area contributed by atoms with Crippen molar-refractivity contribution in [3.8, 4) is 11.4 Å². The van der Waals surface area contributed by atoms with Gasteiger partial charge < -0.3 is 9.84 Å². The third kappa shape index (κ3) is 4.22. The van der Waals surface area contributed by atoms with Crippen LogP contribution in [0.1, 0.15) is 24.4 Å². The second kappa shape index (κ2) is 9.40. The number of hydrogen-bond acceptors (Lipinski definition) is 5. The molecule has 1 aliphatic heterocycles. The van der Waals surface area contributed by atoms with Crippen LogP contribution in [-0.4, -0.2) is 21.5 Å². The maximum Gasteiger partial charge on any atom is 0.258 e. The van der Waals surface area contributed by atoms with Crippen molar-refractivity contribution in [2.24, 2.45) is 0 Å². The van der Waals surface area contributed by atoms with Gasteiger partial charge in [0, 0.05) is 21.8 Å². The predicted molar refractivity (Wildman–Crippen MR) is 138 cm³/mol. The minimum atomic E-state index is -0.356. The lowest BCUT2D eigenvalue weighted by atomic mass is 9.94. The molecule has 0 aliphatic carbocycles. The van der Waals surface area contributed by atoms with E-state index in [1.165, 1.54) is 12.1 Å². The fraction of sp³-hybridized carbons (Fsp3) is 0.115. The van der Waals surface area contributed by atoms with E-state index in [9.17, 15) is 4.39 Å². The molecular formula is C26H21FN4OS2. The zero-order chi connectivity index (χ0) is 23.7. The van der Waals surface area contributed by atoms with Crippen molar-refractivity contribution in [1.82, 2.24) is 15.5 Å². The molecule has 170 valence electrons. The Bertz CT molecular complexity index is 1390. The summed E-state index contributed by atoms with van der Waals surface area (Å²) in [6.45, 7) is 2.00. The van der Waals surface area contributed by atoms with Crippen LogP contribution in [0.4, 0.5) is 10.1 Å². The van der Waals surface area contributed by atoms with Crippen molar-refractivity contribution in [3.63, 3.8) is 0 Å². The number of anilines is 1. The smallest absolute Gasteiger partial charge is 0.258 e. The lowest BCUT2D eigenvalue weighted by Crippen LogP contribution is -2.46. The SMILES string of the molecule is CSc1cccc(N2C(=S)NC(c3ccccc3)C(c3nc(-c4cccc(F)c4)no3)=C2C)c1. The van der Waals surface area contributed by atoms with Crippen LogP contribution in [0.3, 0.4) is 0 Å². The molecule has 4 aromatic rings. The maximum absolute atomic E-state index is 13.8. The molecule has 0 fully saturated rings. The fourth-order valence-electron chi connectivity index (χ4n) is 4.05. The van der Waals surface area contributed by atoms with E-state index < -0.39 is 0 Å². The Morgan fingerprint density at radius 3 is 2.59 bits per heavy atom. The molecule has 0 radical (unpaired) electrons. The lowest BCUT2D eigenvalue weighted by Gasteiger charge is -2.37. The van der Waals surface area contributed by atoms with Crippen LogP contribution in [0.25, 0.3) is 17.0 Å². The third-order valence-corrected chi connectivity index (χ3v) is 6.69. The Labute approximate surface area is 206 Å². The summed E-state index contributed by atoms with van der Waals surface area (Å²) in [4.78, 5) is 7.75. The van der Waals surface area contributed by atoms with E-state index in [0.717, 1.165) is 27.4 Å². The van der Waals surface area contributed by atoms with Gasteiger partial charge >= 0.3 is 0 Å². The number of benzene rings is 3. The van der Waals surface area contributed by atoms with Gasteiger partial charge in [-0.1, -0.05) is 53.7 Å². The Morgan fingerprint density at radius 2 is 1.82 bits per heavy atom. The second-order valence-electron chi connectivity index (χ2n) is 7.76. The third-order valence-electron chi connectivity index (χ3n) is 5.67. The minimum Gasteiger partial charge on any atom is -0.351 e. The normalized spacial score (nSPS) is 16.0. The molecule has 0 saturated heterocycles. The summed E-state index contributed by atoms with van der Waals surface area (Å²) in [5, 5.41) is 8.18. The Morgan fingerprint density at radius 1 is 1.03 bits per heavy atom. The van der Waals surface area contributed by atoms with E-state index in [1.54, 1.807) is 23.9 Å². The summed E-state index contributed by atoms with van der Waals surface area (Å²) in [7, 11) is 0. The highest BCUT2D eigenvalue weighted by atomic mass is 32.2. The molecule has 2 heterocycles. The quantitative estimate of drug-likeness (QED) is 0.255. The number of nitrogens with zero attached hydrogens (tertiary/aromatic N) is 3. The van der Waals surface area contributed by atoms with E-state index >= 15 is 0 Å². The number of thiocarbonyl (C=S) groups is 1. The van der Waals surface area contributed by atoms with Crippen molar-refractivity contribution in [2.75, 3.05) is 11.2 Å². The number of hydrogen-bond donors (Lipinski definition) is 1. The lowest BCUT2D eigenvalue weighted by molar-refractivity contribution is 0.404. The van der Waals surface area contributed by atoms with Crippen molar-refractivity contribution < 1.29 is 8.91 Å². The van der Waals surface area contributed by atoms with Crippen LogP contribution in [-0.2, 0) is 0 Å². The molecule has 1 N–H and O–H groups in total. The number of halogens is 1. The summed E-state index contributed by atoms with van der Waals surface area (Å²) in [5.41, 5.74) is 4.20. The Balaban J connectivity index is 1.66. The summed E-state index contributed by atoms with van der Waals surface area (Å²) < 4.78 is 19.5. The van der Waals surface area contributed by atoms with Gasteiger partial charge in [-0.3, -0.25) is 4.90 Å². The van der Waals surface area contributed by atoms with Crippen molar-refractivity contribution in [1.29, 1.82) is 0 Å². The molecule has 1 aliphatic rings. The zero-order valence-electron chi connectivity index (χ0n) is 18.5. The summed E-state index contributed by atoms with van der Waals surface area (Å²) in [6.07, 6.45) is 2.04. The fourth-order valence-corrected chi connectivity index (χ4v) is 4.87. The topological polar surface area (TPSA) is 54.2 Å². The van der Waals surface area contributed by atoms with E-state index in [1.807, 2.05) is 60.5 Å². The van der Waals surface area contributed by atoms with Crippen LogP contribution in [0.15, 0.2) is 94.0 Å².